The molecule has 0 radical (unpaired) electrons. The van der Waals surface area contributed by atoms with E-state index in [9.17, 15) is 8.42 Å². The Balaban J connectivity index is 1.79. The summed E-state index contributed by atoms with van der Waals surface area (Å²) in [4.78, 5) is 16.6. The number of thiol groups is 1. The van der Waals surface area contributed by atoms with E-state index in [2.05, 4.69) is 33.1 Å². The van der Waals surface area contributed by atoms with Crippen LogP contribution in [-0.4, -0.2) is 59.4 Å². The summed E-state index contributed by atoms with van der Waals surface area (Å²) < 4.78 is 28.1. The number of aromatic nitrogens is 5. The highest BCUT2D eigenvalue weighted by Crippen LogP contribution is 2.38. The Morgan fingerprint density at radius 1 is 1.18 bits per heavy atom. The van der Waals surface area contributed by atoms with Gasteiger partial charge in [-0.05, 0) is 50.1 Å². The Hall–Kier alpha value is -3.37. The van der Waals surface area contributed by atoms with Gasteiger partial charge in [-0.25, -0.2) is 13.4 Å². The highest BCUT2D eigenvalue weighted by atomic mass is 32.2. The van der Waals surface area contributed by atoms with Gasteiger partial charge in [-0.3, -0.25) is 15.1 Å². The van der Waals surface area contributed by atoms with Crippen molar-refractivity contribution in [2.24, 2.45) is 0 Å². The standard InChI is InChI=1S/C24H26N6O3S/c1-14-11-25-23(20-6-7-26-29-20)24-22(14)19(10-21(28-24)30-8-9-33-12-15(30)2)18-5-4-17(13-34(31)32)27-16(18)3/h4-7,10-11,15,34H,8-9,12-13H2,1-3H3,(H,26,29)/t15-/m1/s1. The third-order valence-electron chi connectivity index (χ3n) is 6.15. The summed E-state index contributed by atoms with van der Waals surface area (Å²) in [5.74, 6) is 0.773. The molecule has 0 bridgehead atoms. The maximum absolute atomic E-state index is 11.2. The normalized spacial score (nSPS) is 16.5. The summed E-state index contributed by atoms with van der Waals surface area (Å²) in [6.07, 6.45) is 3.55. The van der Waals surface area contributed by atoms with Crippen molar-refractivity contribution in [2.75, 3.05) is 24.7 Å². The van der Waals surface area contributed by atoms with E-state index in [1.807, 2.05) is 32.2 Å². The number of aromatic amines is 1. The van der Waals surface area contributed by atoms with Gasteiger partial charge in [0.25, 0.3) is 0 Å². The SMILES string of the molecule is Cc1nc(C[SH](=O)=O)ccc1-c1cc(N2CCOC[C@H]2C)nc2c(-c3ccn[nH]3)ncc(C)c12. The van der Waals surface area contributed by atoms with Crippen molar-refractivity contribution in [3.8, 4) is 22.5 Å². The number of hydrogen-bond acceptors (Lipinski definition) is 8. The van der Waals surface area contributed by atoms with E-state index in [1.165, 1.54) is 0 Å². The van der Waals surface area contributed by atoms with Gasteiger partial charge in [0.05, 0.1) is 36.4 Å². The molecule has 0 saturated carbocycles. The van der Waals surface area contributed by atoms with Crippen LogP contribution in [0.1, 0.15) is 23.9 Å². The molecule has 0 spiro atoms. The van der Waals surface area contributed by atoms with E-state index in [4.69, 9.17) is 14.7 Å². The molecule has 1 fully saturated rings. The fourth-order valence-electron chi connectivity index (χ4n) is 4.52. The van der Waals surface area contributed by atoms with Crippen LogP contribution in [0.2, 0.25) is 0 Å². The molecule has 1 saturated heterocycles. The molecular formula is C24H26N6O3S. The van der Waals surface area contributed by atoms with E-state index in [1.54, 1.807) is 12.3 Å². The van der Waals surface area contributed by atoms with Crippen molar-refractivity contribution < 1.29 is 13.2 Å². The van der Waals surface area contributed by atoms with Crippen LogP contribution in [0.15, 0.2) is 36.7 Å². The molecule has 5 heterocycles. The molecule has 5 rings (SSSR count). The Bertz CT molecular complexity index is 1430. The number of rotatable bonds is 5. The number of H-pyrrole nitrogens is 1. The van der Waals surface area contributed by atoms with Gasteiger partial charge in [-0.2, -0.15) is 5.10 Å². The van der Waals surface area contributed by atoms with Gasteiger partial charge >= 0.3 is 0 Å². The molecule has 1 aliphatic heterocycles. The molecule has 0 aliphatic carbocycles. The zero-order valence-electron chi connectivity index (χ0n) is 19.3. The van der Waals surface area contributed by atoms with E-state index in [0.29, 0.717) is 18.9 Å². The summed E-state index contributed by atoms with van der Waals surface area (Å²) in [5.41, 5.74) is 6.52. The monoisotopic (exact) mass is 478 g/mol. The highest BCUT2D eigenvalue weighted by Gasteiger charge is 2.24. The fraction of sp³-hybridized carbons (Fsp3) is 0.333. The first-order valence-corrected chi connectivity index (χ1v) is 12.5. The number of nitrogens with zero attached hydrogens (tertiary/aromatic N) is 5. The van der Waals surface area contributed by atoms with Crippen LogP contribution in [0.5, 0.6) is 0 Å². The summed E-state index contributed by atoms with van der Waals surface area (Å²) >= 11 is 0. The molecule has 34 heavy (non-hydrogen) atoms. The van der Waals surface area contributed by atoms with Crippen molar-refractivity contribution in [2.45, 2.75) is 32.6 Å². The molecular weight excluding hydrogens is 452 g/mol. The van der Waals surface area contributed by atoms with Crippen LogP contribution < -0.4 is 4.90 Å². The quantitative estimate of drug-likeness (QED) is 0.421. The number of hydrogen-bond donors (Lipinski definition) is 2. The first kappa shape index (κ1) is 22.4. The van der Waals surface area contributed by atoms with Crippen molar-refractivity contribution in [3.63, 3.8) is 0 Å². The minimum absolute atomic E-state index is 0.0724. The number of aryl methyl sites for hydroxylation is 2. The van der Waals surface area contributed by atoms with Gasteiger partial charge in [-0.15, -0.1) is 0 Å². The largest absolute Gasteiger partial charge is 0.377 e. The summed E-state index contributed by atoms with van der Waals surface area (Å²) in [6, 6.07) is 7.89. The van der Waals surface area contributed by atoms with Gasteiger partial charge in [0.15, 0.2) is 0 Å². The molecule has 176 valence electrons. The fourth-order valence-corrected chi connectivity index (χ4v) is 4.96. The second kappa shape index (κ2) is 9.11. The average molecular weight is 479 g/mol. The van der Waals surface area contributed by atoms with Crippen LogP contribution in [0.25, 0.3) is 33.4 Å². The predicted molar refractivity (Wildman–Crippen MR) is 131 cm³/mol. The molecule has 4 aromatic heterocycles. The van der Waals surface area contributed by atoms with Gasteiger partial charge in [0.2, 0.25) is 0 Å². The van der Waals surface area contributed by atoms with Gasteiger partial charge < -0.3 is 9.64 Å². The molecule has 0 amide bonds. The zero-order chi connectivity index (χ0) is 23.8. The van der Waals surface area contributed by atoms with Crippen molar-refractivity contribution in [1.29, 1.82) is 0 Å². The lowest BCUT2D eigenvalue weighted by atomic mass is 9.96. The number of morpholine rings is 1. The molecule has 10 heteroatoms. The molecule has 1 aliphatic rings. The number of ether oxygens (including phenoxy) is 1. The molecule has 9 nitrogen and oxygen atoms in total. The molecule has 0 unspecified atom stereocenters. The van der Waals surface area contributed by atoms with Crippen LogP contribution in [0.4, 0.5) is 5.82 Å². The first-order valence-electron chi connectivity index (χ1n) is 11.2. The van der Waals surface area contributed by atoms with Gasteiger partial charge in [0.1, 0.15) is 27.7 Å². The van der Waals surface area contributed by atoms with Crippen molar-refractivity contribution in [1.82, 2.24) is 25.1 Å². The Morgan fingerprint density at radius 3 is 2.74 bits per heavy atom. The number of anilines is 1. The minimum atomic E-state index is -2.54. The predicted octanol–water partition coefficient (Wildman–Crippen LogP) is 3.04. The van der Waals surface area contributed by atoms with Crippen molar-refractivity contribution >= 4 is 27.4 Å². The van der Waals surface area contributed by atoms with E-state index in [0.717, 1.165) is 57.0 Å². The lowest BCUT2D eigenvalue weighted by molar-refractivity contribution is 0.0986. The number of pyridine rings is 3. The third-order valence-corrected chi connectivity index (χ3v) is 6.74. The smallest absolute Gasteiger partial charge is 0.145 e. The molecule has 0 aromatic carbocycles. The lowest BCUT2D eigenvalue weighted by Gasteiger charge is -2.35. The first-order chi connectivity index (χ1) is 16.4. The van der Waals surface area contributed by atoms with Crippen LogP contribution in [0, 0.1) is 13.8 Å². The average Bonchev–Trinajstić information content (AvgIpc) is 3.33. The van der Waals surface area contributed by atoms with Crippen molar-refractivity contribution in [3.05, 3.63) is 53.6 Å². The lowest BCUT2D eigenvalue weighted by Crippen LogP contribution is -2.44. The maximum Gasteiger partial charge on any atom is 0.145 e. The summed E-state index contributed by atoms with van der Waals surface area (Å²) in [6.45, 7) is 8.07. The van der Waals surface area contributed by atoms with E-state index in [-0.39, 0.29) is 11.8 Å². The second-order valence-electron chi connectivity index (χ2n) is 8.56. The minimum Gasteiger partial charge on any atom is -0.377 e. The van der Waals surface area contributed by atoms with Crippen LogP contribution in [0.3, 0.4) is 0 Å². The third kappa shape index (κ3) is 4.14. The second-order valence-corrected chi connectivity index (χ2v) is 9.54. The molecule has 4 aromatic rings. The number of nitrogens with one attached hydrogen (secondary N) is 1. The van der Waals surface area contributed by atoms with Gasteiger partial charge in [0, 0.05) is 35.6 Å². The van der Waals surface area contributed by atoms with Crippen LogP contribution in [-0.2, 0) is 21.2 Å². The maximum atomic E-state index is 11.2. The Kier molecular flexibility index (Phi) is 6.01. The summed E-state index contributed by atoms with van der Waals surface area (Å²) in [5, 5.41) is 8.10. The number of fused-ring (bicyclic) bond motifs is 1. The summed E-state index contributed by atoms with van der Waals surface area (Å²) in [7, 11) is -2.54. The topological polar surface area (TPSA) is 114 Å². The van der Waals surface area contributed by atoms with Crippen LogP contribution >= 0.6 is 0 Å². The van der Waals surface area contributed by atoms with Gasteiger partial charge in [-0.1, -0.05) is 6.07 Å². The van der Waals surface area contributed by atoms with E-state index >= 15 is 0 Å². The molecule has 1 N–H and O–H groups in total. The van der Waals surface area contributed by atoms with E-state index < -0.39 is 10.7 Å². The highest BCUT2D eigenvalue weighted by molar-refractivity contribution is 7.71. The molecule has 1 atom stereocenters. The Morgan fingerprint density at radius 2 is 2.03 bits per heavy atom. The Labute approximate surface area is 199 Å². The zero-order valence-corrected chi connectivity index (χ0v) is 20.2.